The summed E-state index contributed by atoms with van der Waals surface area (Å²) < 4.78 is 0. The molecule has 4 aliphatic rings. The molecule has 3 saturated carbocycles. The lowest BCUT2D eigenvalue weighted by Gasteiger charge is -2.57. The number of ketones is 1. The summed E-state index contributed by atoms with van der Waals surface area (Å²) in [6.45, 7) is 11.1. The van der Waals surface area contributed by atoms with Crippen LogP contribution in [0.3, 0.4) is 0 Å². The minimum atomic E-state index is -0.568. The van der Waals surface area contributed by atoms with Crippen LogP contribution >= 0.6 is 0 Å². The summed E-state index contributed by atoms with van der Waals surface area (Å²) in [5.41, 5.74) is 1.07. The van der Waals surface area contributed by atoms with Gasteiger partial charge in [-0.15, -0.1) is 0 Å². The van der Waals surface area contributed by atoms with Crippen molar-refractivity contribution in [3.8, 4) is 0 Å². The van der Waals surface area contributed by atoms with Gasteiger partial charge < -0.3 is 10.2 Å². The predicted octanol–water partition coefficient (Wildman–Crippen LogP) is 5.68. The van der Waals surface area contributed by atoms with Crippen LogP contribution in [0.2, 0.25) is 0 Å². The molecule has 0 bridgehead atoms. The zero-order valence-electron chi connectivity index (χ0n) is 19.9. The smallest absolute Gasteiger partial charge is 0.159 e. The van der Waals surface area contributed by atoms with Crippen LogP contribution in [0.5, 0.6) is 0 Å². The predicted molar refractivity (Wildman–Crippen MR) is 121 cm³/mol. The fourth-order valence-electron chi connectivity index (χ4n) is 8.42. The average Bonchev–Trinajstić information content (AvgIpc) is 2.99. The second-order valence-electron chi connectivity index (χ2n) is 12.5. The maximum atomic E-state index is 13.4. The van der Waals surface area contributed by atoms with Crippen molar-refractivity contribution < 1.29 is 15.0 Å². The van der Waals surface area contributed by atoms with Crippen LogP contribution in [0, 0.1) is 40.4 Å². The molecular formula is C27H44O3. The van der Waals surface area contributed by atoms with Gasteiger partial charge in [0.05, 0.1) is 11.7 Å². The molecule has 3 heteroatoms. The van der Waals surface area contributed by atoms with Gasteiger partial charge in [0.15, 0.2) is 5.78 Å². The first kappa shape index (κ1) is 22.5. The normalized spacial score (nSPS) is 44.7. The van der Waals surface area contributed by atoms with Gasteiger partial charge in [-0.05, 0) is 106 Å². The molecule has 1 unspecified atom stereocenters. The maximum absolute atomic E-state index is 13.4. The molecule has 0 saturated heterocycles. The van der Waals surface area contributed by atoms with Gasteiger partial charge in [0.1, 0.15) is 0 Å². The van der Waals surface area contributed by atoms with E-state index < -0.39 is 5.60 Å². The zero-order valence-corrected chi connectivity index (χ0v) is 19.9. The van der Waals surface area contributed by atoms with Gasteiger partial charge in [0.2, 0.25) is 0 Å². The van der Waals surface area contributed by atoms with E-state index in [2.05, 4.69) is 20.8 Å². The molecule has 0 aromatic carbocycles. The Morgan fingerprint density at radius 1 is 1.13 bits per heavy atom. The number of hydrogen-bond donors (Lipinski definition) is 2. The van der Waals surface area contributed by atoms with E-state index in [1.165, 1.54) is 37.7 Å². The summed E-state index contributed by atoms with van der Waals surface area (Å²) >= 11 is 0. The summed E-state index contributed by atoms with van der Waals surface area (Å²) in [6.07, 6.45) is 12.3. The highest BCUT2D eigenvalue weighted by Crippen LogP contribution is 2.66. The lowest BCUT2D eigenvalue weighted by molar-refractivity contribution is -0.135. The second-order valence-corrected chi connectivity index (χ2v) is 12.5. The molecule has 0 spiro atoms. The van der Waals surface area contributed by atoms with Gasteiger partial charge in [-0.25, -0.2) is 0 Å². The summed E-state index contributed by atoms with van der Waals surface area (Å²) in [5.74, 6) is 2.91. The van der Waals surface area contributed by atoms with Gasteiger partial charge in [-0.3, -0.25) is 4.79 Å². The van der Waals surface area contributed by atoms with Crippen LogP contribution in [0.15, 0.2) is 11.6 Å². The van der Waals surface area contributed by atoms with Gasteiger partial charge in [-0.1, -0.05) is 39.2 Å². The van der Waals surface area contributed by atoms with Crippen molar-refractivity contribution in [2.45, 2.75) is 111 Å². The highest BCUT2D eigenvalue weighted by Gasteiger charge is 2.61. The monoisotopic (exact) mass is 416 g/mol. The van der Waals surface area contributed by atoms with Crippen LogP contribution in [0.4, 0.5) is 0 Å². The van der Waals surface area contributed by atoms with Gasteiger partial charge in [0.25, 0.3) is 0 Å². The van der Waals surface area contributed by atoms with Crippen LogP contribution in [0.25, 0.3) is 0 Å². The van der Waals surface area contributed by atoms with E-state index in [1.54, 1.807) is 0 Å². The van der Waals surface area contributed by atoms with Crippen molar-refractivity contribution in [2.24, 2.45) is 40.4 Å². The Bertz CT molecular complexity index is 703. The lowest BCUT2D eigenvalue weighted by atomic mass is 9.46. The molecule has 0 aromatic rings. The van der Waals surface area contributed by atoms with Gasteiger partial charge in [0, 0.05) is 5.92 Å². The molecule has 30 heavy (non-hydrogen) atoms. The standard InChI is InChI=1S/C27H44O3/c1-17(7-6-12-25(2,3)30)20-8-9-21-24-22(11-14-27(20,21)5)26(4)13-10-19(28)15-18(26)16-23(24)29/h16-17,19-22,24,28,30H,6-15H2,1-5H3/t17-,19?,20-,21+,22+,24+,26+,27-/m1/s1. The fraction of sp³-hybridized carbons (Fsp3) is 0.889. The number of fused-ring (bicyclic) bond motifs is 5. The second kappa shape index (κ2) is 7.73. The molecule has 4 rings (SSSR count). The Kier molecular flexibility index (Phi) is 5.80. The van der Waals surface area contributed by atoms with Crippen molar-refractivity contribution in [3.05, 3.63) is 11.6 Å². The third-order valence-corrected chi connectivity index (χ3v) is 10.1. The highest BCUT2D eigenvalue weighted by molar-refractivity contribution is 5.94. The minimum absolute atomic E-state index is 0.121. The van der Waals surface area contributed by atoms with E-state index in [1.807, 2.05) is 19.9 Å². The SMILES string of the molecule is C[C@H](CCCC(C)(C)O)[C@H]1CC[C@H]2[C@@H]3C(=O)C=C4CC(O)CC[C@]4(C)[C@H]3CC[C@]12C. The zero-order chi connectivity index (χ0) is 21.9. The molecular weight excluding hydrogens is 372 g/mol. The van der Waals surface area contributed by atoms with E-state index in [9.17, 15) is 15.0 Å². The van der Waals surface area contributed by atoms with E-state index in [-0.39, 0.29) is 22.9 Å². The number of hydrogen-bond acceptors (Lipinski definition) is 3. The number of aliphatic hydroxyl groups is 2. The molecule has 0 radical (unpaired) electrons. The summed E-state index contributed by atoms with van der Waals surface area (Å²) in [4.78, 5) is 13.4. The van der Waals surface area contributed by atoms with Crippen LogP contribution < -0.4 is 0 Å². The quantitative estimate of drug-likeness (QED) is 0.606. The Hall–Kier alpha value is -0.670. The third-order valence-electron chi connectivity index (χ3n) is 10.1. The van der Waals surface area contributed by atoms with Gasteiger partial charge in [-0.2, -0.15) is 0 Å². The number of carbonyl (C=O) groups is 1. The summed E-state index contributed by atoms with van der Waals surface area (Å²) in [7, 11) is 0. The molecule has 0 heterocycles. The van der Waals surface area contributed by atoms with Crippen molar-refractivity contribution in [2.75, 3.05) is 0 Å². The molecule has 170 valence electrons. The summed E-state index contributed by atoms with van der Waals surface area (Å²) in [6, 6.07) is 0. The molecule has 3 nitrogen and oxygen atoms in total. The van der Waals surface area contributed by atoms with Crippen molar-refractivity contribution in [3.63, 3.8) is 0 Å². The number of carbonyl (C=O) groups excluding carboxylic acids is 1. The van der Waals surface area contributed by atoms with Crippen LogP contribution in [0.1, 0.15) is 98.8 Å². The minimum Gasteiger partial charge on any atom is -0.393 e. The Morgan fingerprint density at radius 2 is 1.87 bits per heavy atom. The third kappa shape index (κ3) is 3.72. The number of rotatable bonds is 5. The topological polar surface area (TPSA) is 57.5 Å². The largest absolute Gasteiger partial charge is 0.393 e. The number of allylic oxidation sites excluding steroid dienone is 1. The first-order valence-corrected chi connectivity index (χ1v) is 12.6. The Labute approximate surface area is 183 Å². The van der Waals surface area contributed by atoms with Crippen molar-refractivity contribution in [1.29, 1.82) is 0 Å². The fourth-order valence-corrected chi connectivity index (χ4v) is 8.42. The van der Waals surface area contributed by atoms with Crippen LogP contribution in [-0.2, 0) is 4.79 Å². The molecule has 0 aliphatic heterocycles. The van der Waals surface area contributed by atoms with Crippen molar-refractivity contribution in [1.82, 2.24) is 0 Å². The van der Waals surface area contributed by atoms with E-state index in [4.69, 9.17) is 0 Å². The average molecular weight is 417 g/mol. The highest BCUT2D eigenvalue weighted by atomic mass is 16.3. The molecule has 0 aromatic heterocycles. The Morgan fingerprint density at radius 3 is 2.57 bits per heavy atom. The van der Waals surface area contributed by atoms with Crippen LogP contribution in [-0.4, -0.2) is 27.7 Å². The molecule has 3 fully saturated rings. The summed E-state index contributed by atoms with van der Waals surface area (Å²) in [5, 5.41) is 20.3. The lowest BCUT2D eigenvalue weighted by Crippen LogP contribution is -2.53. The van der Waals surface area contributed by atoms with E-state index in [0.717, 1.165) is 25.7 Å². The molecule has 4 aliphatic carbocycles. The first-order chi connectivity index (χ1) is 14.0. The van der Waals surface area contributed by atoms with Crippen molar-refractivity contribution >= 4 is 5.78 Å². The Balaban J connectivity index is 1.52. The molecule has 0 amide bonds. The number of aliphatic hydroxyl groups excluding tert-OH is 1. The van der Waals surface area contributed by atoms with E-state index in [0.29, 0.717) is 35.9 Å². The molecule has 8 atom stereocenters. The van der Waals surface area contributed by atoms with E-state index >= 15 is 0 Å². The van der Waals surface area contributed by atoms with Gasteiger partial charge >= 0.3 is 0 Å². The first-order valence-electron chi connectivity index (χ1n) is 12.6. The molecule has 2 N–H and O–H groups in total. The maximum Gasteiger partial charge on any atom is 0.159 e.